The minimum atomic E-state index is -0.702. The third kappa shape index (κ3) is 5.47. The molecule has 2 amide bonds. The maximum absolute atomic E-state index is 12.7. The van der Waals surface area contributed by atoms with E-state index in [1.54, 1.807) is 36.4 Å². The molecule has 2 aromatic rings. The maximum Gasteiger partial charge on any atom is 0.255 e. The SMILES string of the molecule is CCOc1ccccc1C(=O)N[C@H](C(=O)Nc1ccc(C)c(Cl)c1)C(C)C. The topological polar surface area (TPSA) is 67.4 Å². The zero-order valence-corrected chi connectivity index (χ0v) is 16.8. The van der Waals surface area contributed by atoms with E-state index in [0.717, 1.165) is 5.56 Å². The second kappa shape index (κ2) is 9.42. The molecule has 0 radical (unpaired) electrons. The number of carbonyl (C=O) groups is 2. The van der Waals surface area contributed by atoms with E-state index in [1.807, 2.05) is 33.8 Å². The van der Waals surface area contributed by atoms with Crippen molar-refractivity contribution in [3.63, 3.8) is 0 Å². The molecule has 0 aliphatic rings. The second-order valence-electron chi connectivity index (χ2n) is 6.58. The fraction of sp³-hybridized carbons (Fsp3) is 0.333. The average molecular weight is 389 g/mol. The second-order valence-corrected chi connectivity index (χ2v) is 6.98. The number of halogens is 1. The Hall–Kier alpha value is -2.53. The number of carbonyl (C=O) groups excluding carboxylic acids is 2. The summed E-state index contributed by atoms with van der Waals surface area (Å²) < 4.78 is 5.50. The van der Waals surface area contributed by atoms with Gasteiger partial charge in [-0.2, -0.15) is 0 Å². The van der Waals surface area contributed by atoms with E-state index in [-0.39, 0.29) is 17.7 Å². The molecule has 0 saturated heterocycles. The molecule has 0 unspecified atom stereocenters. The molecule has 6 heteroatoms. The smallest absolute Gasteiger partial charge is 0.255 e. The van der Waals surface area contributed by atoms with Crippen LogP contribution in [0.25, 0.3) is 0 Å². The van der Waals surface area contributed by atoms with Crippen molar-refractivity contribution < 1.29 is 14.3 Å². The van der Waals surface area contributed by atoms with Gasteiger partial charge in [0.05, 0.1) is 12.2 Å². The van der Waals surface area contributed by atoms with Crippen LogP contribution in [0.2, 0.25) is 5.02 Å². The van der Waals surface area contributed by atoms with Gasteiger partial charge >= 0.3 is 0 Å². The first-order valence-electron chi connectivity index (χ1n) is 8.93. The van der Waals surface area contributed by atoms with Crippen LogP contribution in [-0.2, 0) is 4.79 Å². The first kappa shape index (κ1) is 20.8. The van der Waals surface area contributed by atoms with Gasteiger partial charge in [-0.05, 0) is 49.6 Å². The number of hydrogen-bond acceptors (Lipinski definition) is 3. The lowest BCUT2D eigenvalue weighted by atomic mass is 10.0. The minimum Gasteiger partial charge on any atom is -0.493 e. The number of para-hydroxylation sites is 1. The van der Waals surface area contributed by atoms with Crippen molar-refractivity contribution in [3.8, 4) is 5.75 Å². The summed E-state index contributed by atoms with van der Waals surface area (Å²) >= 11 is 6.12. The highest BCUT2D eigenvalue weighted by Gasteiger charge is 2.26. The molecule has 0 fully saturated rings. The molecule has 5 nitrogen and oxygen atoms in total. The molecule has 2 aromatic carbocycles. The number of anilines is 1. The highest BCUT2D eigenvalue weighted by atomic mass is 35.5. The quantitative estimate of drug-likeness (QED) is 0.736. The lowest BCUT2D eigenvalue weighted by Gasteiger charge is -2.22. The van der Waals surface area contributed by atoms with Gasteiger partial charge in [-0.3, -0.25) is 9.59 Å². The van der Waals surface area contributed by atoms with Crippen molar-refractivity contribution in [1.82, 2.24) is 5.32 Å². The average Bonchev–Trinajstić information content (AvgIpc) is 2.63. The van der Waals surface area contributed by atoms with Crippen molar-refractivity contribution >= 4 is 29.1 Å². The molecule has 0 heterocycles. The molecular formula is C21H25ClN2O3. The van der Waals surface area contributed by atoms with Crippen LogP contribution >= 0.6 is 11.6 Å². The number of amides is 2. The summed E-state index contributed by atoms with van der Waals surface area (Å²) in [5.74, 6) is -0.262. The third-order valence-electron chi connectivity index (χ3n) is 4.11. The maximum atomic E-state index is 12.7. The normalized spacial score (nSPS) is 11.8. The zero-order chi connectivity index (χ0) is 20.0. The molecular weight excluding hydrogens is 364 g/mol. The van der Waals surface area contributed by atoms with Gasteiger partial charge in [-0.15, -0.1) is 0 Å². The molecule has 0 aliphatic carbocycles. The highest BCUT2D eigenvalue weighted by molar-refractivity contribution is 6.31. The summed E-state index contributed by atoms with van der Waals surface area (Å²) in [6, 6.07) is 11.6. The molecule has 0 aromatic heterocycles. The molecule has 0 spiro atoms. The monoisotopic (exact) mass is 388 g/mol. The van der Waals surface area contributed by atoms with E-state index < -0.39 is 6.04 Å². The van der Waals surface area contributed by atoms with Crippen molar-refractivity contribution in [2.45, 2.75) is 33.7 Å². The number of ether oxygens (including phenoxy) is 1. The van der Waals surface area contributed by atoms with E-state index in [1.165, 1.54) is 0 Å². The Bertz CT molecular complexity index is 821. The molecule has 2 N–H and O–H groups in total. The predicted molar refractivity (Wildman–Crippen MR) is 109 cm³/mol. The molecule has 2 rings (SSSR count). The van der Waals surface area contributed by atoms with Gasteiger partial charge in [0.15, 0.2) is 0 Å². The molecule has 144 valence electrons. The molecule has 0 saturated carbocycles. The summed E-state index contributed by atoms with van der Waals surface area (Å²) in [5, 5.41) is 6.21. The van der Waals surface area contributed by atoms with Gasteiger partial charge in [-0.1, -0.05) is 43.6 Å². The van der Waals surface area contributed by atoms with Crippen molar-refractivity contribution in [1.29, 1.82) is 0 Å². The van der Waals surface area contributed by atoms with E-state index in [2.05, 4.69) is 10.6 Å². The largest absolute Gasteiger partial charge is 0.493 e. The van der Waals surface area contributed by atoms with Gasteiger partial charge in [-0.25, -0.2) is 0 Å². The Kier molecular flexibility index (Phi) is 7.25. The van der Waals surface area contributed by atoms with Crippen molar-refractivity contribution in [2.24, 2.45) is 5.92 Å². The Morgan fingerprint density at radius 1 is 1.15 bits per heavy atom. The van der Waals surface area contributed by atoms with Crippen LogP contribution in [0.4, 0.5) is 5.69 Å². The number of nitrogens with one attached hydrogen (secondary N) is 2. The van der Waals surface area contributed by atoms with Gasteiger partial charge in [0.2, 0.25) is 5.91 Å². The lowest BCUT2D eigenvalue weighted by Crippen LogP contribution is -2.47. The summed E-state index contributed by atoms with van der Waals surface area (Å²) in [7, 11) is 0. The van der Waals surface area contributed by atoms with Gasteiger partial charge in [0.25, 0.3) is 5.91 Å². The Balaban J connectivity index is 2.16. The Morgan fingerprint density at radius 3 is 2.48 bits per heavy atom. The highest BCUT2D eigenvalue weighted by Crippen LogP contribution is 2.21. The fourth-order valence-electron chi connectivity index (χ4n) is 2.58. The van der Waals surface area contributed by atoms with Crippen LogP contribution in [0.3, 0.4) is 0 Å². The first-order valence-corrected chi connectivity index (χ1v) is 9.31. The van der Waals surface area contributed by atoms with E-state index in [9.17, 15) is 9.59 Å². The predicted octanol–water partition coefficient (Wildman–Crippen LogP) is 4.44. The zero-order valence-electron chi connectivity index (χ0n) is 16.0. The molecule has 0 aliphatic heterocycles. The summed E-state index contributed by atoms with van der Waals surface area (Å²) in [4.78, 5) is 25.4. The first-order chi connectivity index (χ1) is 12.8. The summed E-state index contributed by atoms with van der Waals surface area (Å²) in [6.07, 6.45) is 0. The fourth-order valence-corrected chi connectivity index (χ4v) is 2.76. The number of aryl methyl sites for hydroxylation is 1. The molecule has 0 bridgehead atoms. The van der Waals surface area contributed by atoms with Gasteiger partial charge in [0, 0.05) is 10.7 Å². The van der Waals surface area contributed by atoms with E-state index in [4.69, 9.17) is 16.3 Å². The van der Waals surface area contributed by atoms with Gasteiger partial charge in [0.1, 0.15) is 11.8 Å². The van der Waals surface area contributed by atoms with Crippen LogP contribution in [-0.4, -0.2) is 24.5 Å². The van der Waals surface area contributed by atoms with Crippen LogP contribution in [0.5, 0.6) is 5.75 Å². The van der Waals surface area contributed by atoms with Crippen LogP contribution in [0, 0.1) is 12.8 Å². The van der Waals surface area contributed by atoms with Gasteiger partial charge < -0.3 is 15.4 Å². The number of benzene rings is 2. The standard InChI is InChI=1S/C21H25ClN2O3/c1-5-27-18-9-7-6-8-16(18)20(25)24-19(13(2)3)21(26)23-15-11-10-14(4)17(22)12-15/h6-13,19H,5H2,1-4H3,(H,23,26)(H,24,25)/t19-/m0/s1. The molecule has 27 heavy (non-hydrogen) atoms. The Labute approximate surface area is 165 Å². The Morgan fingerprint density at radius 2 is 1.85 bits per heavy atom. The third-order valence-corrected chi connectivity index (χ3v) is 4.51. The van der Waals surface area contributed by atoms with Crippen molar-refractivity contribution in [3.05, 3.63) is 58.6 Å². The summed E-state index contributed by atoms with van der Waals surface area (Å²) in [5.41, 5.74) is 1.91. The lowest BCUT2D eigenvalue weighted by molar-refractivity contribution is -0.118. The summed E-state index contributed by atoms with van der Waals surface area (Å²) in [6.45, 7) is 7.95. The van der Waals surface area contributed by atoms with Crippen molar-refractivity contribution in [2.75, 3.05) is 11.9 Å². The van der Waals surface area contributed by atoms with E-state index in [0.29, 0.717) is 28.6 Å². The van der Waals surface area contributed by atoms with Crippen LogP contribution in [0.1, 0.15) is 36.7 Å². The number of rotatable bonds is 7. The van der Waals surface area contributed by atoms with Crippen LogP contribution < -0.4 is 15.4 Å². The minimum absolute atomic E-state index is 0.103. The number of hydrogen-bond donors (Lipinski definition) is 2. The van der Waals surface area contributed by atoms with E-state index >= 15 is 0 Å². The molecule has 1 atom stereocenters. The van der Waals surface area contributed by atoms with Crippen LogP contribution in [0.15, 0.2) is 42.5 Å².